The van der Waals surface area contributed by atoms with E-state index < -0.39 is 17.6 Å². The molecule has 2 atom stereocenters. The second kappa shape index (κ2) is 10.6. The van der Waals surface area contributed by atoms with Gasteiger partial charge >= 0.3 is 6.09 Å². The summed E-state index contributed by atoms with van der Waals surface area (Å²) in [6, 6.07) is 14.7. The van der Waals surface area contributed by atoms with E-state index in [-0.39, 0.29) is 37.4 Å². The number of carbonyl (C=O) groups excluding carboxylic acids is 4. The Morgan fingerprint density at radius 3 is 2.66 bits per heavy atom. The highest BCUT2D eigenvalue weighted by Gasteiger charge is 2.58. The highest BCUT2D eigenvalue weighted by Crippen LogP contribution is 2.45. The molecule has 2 aromatic rings. The molecule has 9 heteroatoms. The Kier molecular flexibility index (Phi) is 7.21. The molecule has 1 saturated heterocycles. The van der Waals surface area contributed by atoms with Crippen LogP contribution in [-0.2, 0) is 32.9 Å². The largest absolute Gasteiger partial charge is 0.427 e. The molecule has 38 heavy (non-hydrogen) atoms. The van der Waals surface area contributed by atoms with E-state index in [4.69, 9.17) is 9.84 Å². The molecule has 200 valence electrons. The molecule has 4 amide bonds. The first-order valence-corrected chi connectivity index (χ1v) is 13.2. The van der Waals surface area contributed by atoms with Gasteiger partial charge in [-0.3, -0.25) is 14.4 Å². The average molecular weight is 520 g/mol. The number of amides is 4. The molecule has 0 aromatic heterocycles. The zero-order valence-electron chi connectivity index (χ0n) is 21.5. The summed E-state index contributed by atoms with van der Waals surface area (Å²) in [5.74, 6) is -0.670. The Morgan fingerprint density at radius 2 is 1.95 bits per heavy atom. The molecule has 1 heterocycles. The third kappa shape index (κ3) is 4.90. The van der Waals surface area contributed by atoms with Gasteiger partial charge in [-0.05, 0) is 61.8 Å². The molecule has 0 radical (unpaired) electrons. The Balaban J connectivity index is 1.32. The van der Waals surface area contributed by atoms with Crippen LogP contribution in [0.25, 0.3) is 0 Å². The summed E-state index contributed by atoms with van der Waals surface area (Å²) >= 11 is 0. The van der Waals surface area contributed by atoms with Gasteiger partial charge in [0.2, 0.25) is 11.5 Å². The van der Waals surface area contributed by atoms with E-state index in [9.17, 15) is 19.2 Å². The monoisotopic (exact) mass is 519 g/mol. The van der Waals surface area contributed by atoms with Crippen LogP contribution >= 0.6 is 0 Å². The van der Waals surface area contributed by atoms with Crippen LogP contribution in [0.15, 0.2) is 48.5 Å². The summed E-state index contributed by atoms with van der Waals surface area (Å²) in [4.78, 5) is 55.2. The van der Waals surface area contributed by atoms with Gasteiger partial charge in [0.1, 0.15) is 6.54 Å². The highest BCUT2D eigenvalue weighted by atomic mass is 16.6. The van der Waals surface area contributed by atoms with Gasteiger partial charge in [-0.15, -0.1) is 0 Å². The number of aryl methyl sites for hydroxylation is 1. The van der Waals surface area contributed by atoms with E-state index in [1.165, 1.54) is 0 Å². The number of hydrogen-bond acceptors (Lipinski definition) is 6. The molecule has 1 spiro atoms. The fourth-order valence-electron chi connectivity index (χ4n) is 5.48. The molecule has 5 rings (SSSR count). The van der Waals surface area contributed by atoms with Crippen molar-refractivity contribution in [2.24, 2.45) is 5.92 Å². The van der Waals surface area contributed by atoms with Crippen molar-refractivity contribution < 1.29 is 29.0 Å². The van der Waals surface area contributed by atoms with Crippen LogP contribution in [-0.4, -0.2) is 64.5 Å². The number of nitrogens with one attached hydrogen (secondary N) is 1. The lowest BCUT2D eigenvalue weighted by Crippen LogP contribution is -2.47. The van der Waals surface area contributed by atoms with Crippen molar-refractivity contribution >= 4 is 23.8 Å². The Labute approximate surface area is 221 Å². The lowest BCUT2D eigenvalue weighted by molar-refractivity contribution is -0.143. The molecular formula is C29H33N3O6. The number of imide groups is 1. The number of ether oxygens (including phenoxy) is 1. The smallest absolute Gasteiger partial charge is 0.418 e. The average Bonchev–Trinajstić information content (AvgIpc) is 3.68. The normalized spacial score (nSPS) is 20.8. The van der Waals surface area contributed by atoms with Crippen LogP contribution in [0.2, 0.25) is 0 Å². The quantitative estimate of drug-likeness (QED) is 0.467. The van der Waals surface area contributed by atoms with Crippen LogP contribution in [0.1, 0.15) is 59.7 Å². The molecule has 2 aliphatic carbocycles. The maximum atomic E-state index is 13.6. The number of aliphatic hydroxyl groups is 1. The summed E-state index contributed by atoms with van der Waals surface area (Å²) in [6.07, 6.45) is 2.49. The van der Waals surface area contributed by atoms with E-state index in [0.717, 1.165) is 28.9 Å². The molecule has 2 fully saturated rings. The van der Waals surface area contributed by atoms with Crippen molar-refractivity contribution in [1.82, 2.24) is 15.1 Å². The highest BCUT2D eigenvalue weighted by molar-refractivity contribution is 6.06. The maximum absolute atomic E-state index is 13.6. The predicted octanol–water partition coefficient (Wildman–Crippen LogP) is 2.75. The maximum Gasteiger partial charge on any atom is 0.418 e. The second-order valence-electron chi connectivity index (χ2n) is 10.4. The fraction of sp³-hybridized carbons (Fsp3) is 0.448. The summed E-state index contributed by atoms with van der Waals surface area (Å²) in [6.45, 7) is 2.41. The number of fused-ring (bicyclic) bond motifs is 2. The van der Waals surface area contributed by atoms with Crippen molar-refractivity contribution in [1.29, 1.82) is 0 Å². The zero-order chi connectivity index (χ0) is 26.9. The predicted molar refractivity (Wildman–Crippen MR) is 138 cm³/mol. The van der Waals surface area contributed by atoms with E-state index in [1.807, 2.05) is 37.3 Å². The second-order valence-corrected chi connectivity index (χ2v) is 10.4. The van der Waals surface area contributed by atoms with Crippen molar-refractivity contribution in [2.45, 2.75) is 57.2 Å². The van der Waals surface area contributed by atoms with E-state index in [2.05, 4.69) is 5.32 Å². The topological polar surface area (TPSA) is 116 Å². The van der Waals surface area contributed by atoms with Crippen LogP contribution in [0.4, 0.5) is 4.79 Å². The van der Waals surface area contributed by atoms with Gasteiger partial charge in [0.15, 0.2) is 0 Å². The Morgan fingerprint density at radius 1 is 1.18 bits per heavy atom. The molecule has 1 saturated carbocycles. The summed E-state index contributed by atoms with van der Waals surface area (Å²) in [7, 11) is 0. The van der Waals surface area contributed by atoms with Crippen molar-refractivity contribution in [3.05, 3.63) is 70.8 Å². The van der Waals surface area contributed by atoms with E-state index in [0.29, 0.717) is 43.0 Å². The lowest BCUT2D eigenvalue weighted by atomic mass is 9.94. The van der Waals surface area contributed by atoms with Gasteiger partial charge in [0.25, 0.3) is 11.8 Å². The molecule has 3 aliphatic rings. The molecule has 0 unspecified atom stereocenters. The third-order valence-electron chi connectivity index (χ3n) is 7.85. The molecular weight excluding hydrogens is 486 g/mol. The van der Waals surface area contributed by atoms with Gasteiger partial charge in [-0.2, -0.15) is 0 Å². The van der Waals surface area contributed by atoms with E-state index >= 15 is 0 Å². The van der Waals surface area contributed by atoms with Gasteiger partial charge in [0.05, 0.1) is 0 Å². The van der Waals surface area contributed by atoms with Crippen LogP contribution in [0, 0.1) is 5.92 Å². The van der Waals surface area contributed by atoms with Gasteiger partial charge in [-0.1, -0.05) is 36.4 Å². The molecule has 2 N–H and O–H groups in total. The third-order valence-corrected chi connectivity index (χ3v) is 7.85. The van der Waals surface area contributed by atoms with E-state index in [1.54, 1.807) is 23.1 Å². The first kappa shape index (κ1) is 25.9. The minimum atomic E-state index is -1.47. The van der Waals surface area contributed by atoms with Gasteiger partial charge < -0.3 is 20.1 Å². The first-order valence-electron chi connectivity index (χ1n) is 13.2. The minimum absolute atomic E-state index is 0.000422. The number of benzene rings is 2. The summed E-state index contributed by atoms with van der Waals surface area (Å²) in [5, 5.41) is 11.7. The lowest BCUT2D eigenvalue weighted by Gasteiger charge is -2.30. The van der Waals surface area contributed by atoms with Gasteiger partial charge in [-0.25, -0.2) is 9.69 Å². The summed E-state index contributed by atoms with van der Waals surface area (Å²) in [5.41, 5.74) is 1.28. The molecule has 9 nitrogen and oxygen atoms in total. The number of hydrogen-bond donors (Lipinski definition) is 2. The van der Waals surface area contributed by atoms with Crippen LogP contribution < -0.4 is 5.32 Å². The Bertz CT molecular complexity index is 1240. The van der Waals surface area contributed by atoms with Crippen molar-refractivity contribution in [3.63, 3.8) is 0 Å². The van der Waals surface area contributed by atoms with Crippen LogP contribution in [0.5, 0.6) is 0 Å². The fourth-order valence-corrected chi connectivity index (χ4v) is 5.48. The summed E-state index contributed by atoms with van der Waals surface area (Å²) < 4.78 is 5.70. The van der Waals surface area contributed by atoms with Crippen molar-refractivity contribution in [2.75, 3.05) is 19.7 Å². The van der Waals surface area contributed by atoms with Crippen LogP contribution in [0.3, 0.4) is 0 Å². The molecule has 0 bridgehead atoms. The van der Waals surface area contributed by atoms with Gasteiger partial charge in [0, 0.05) is 43.3 Å². The SMILES string of the molecule is C[C@@H](C1CC1)N(Cc1ccccc1)C(=O)CN1C(=O)O[C@@]2(CCc3cc(C(=O)NCCCO)ccc32)C1=O. The number of rotatable bonds is 10. The first-order chi connectivity index (χ1) is 18.3. The number of aliphatic hydroxyl groups excluding tert-OH is 1. The zero-order valence-corrected chi connectivity index (χ0v) is 21.5. The Hall–Kier alpha value is -3.72. The minimum Gasteiger partial charge on any atom is -0.427 e. The number of nitrogens with zero attached hydrogens (tertiary/aromatic N) is 2. The molecule has 1 aliphatic heterocycles. The van der Waals surface area contributed by atoms with Crippen molar-refractivity contribution in [3.8, 4) is 0 Å². The molecule has 2 aromatic carbocycles. The number of carbonyl (C=O) groups is 4. The standard InChI is InChI=1S/C29H33N3O6/c1-19(21-8-9-21)31(17-20-6-3-2-4-7-20)25(34)18-32-27(36)29(38-28(32)37)13-12-22-16-23(10-11-24(22)29)26(35)30-14-5-15-33/h2-4,6-7,10-11,16,19,21,33H,5,8-9,12-15,17-18H2,1H3,(H,30,35)/t19-,29+/m0/s1.